The summed E-state index contributed by atoms with van der Waals surface area (Å²) in [5, 5.41) is 9.83. The van der Waals surface area contributed by atoms with Gasteiger partial charge in [0.25, 0.3) is 0 Å². The number of aromatic hydroxyl groups is 1. The lowest BCUT2D eigenvalue weighted by Crippen LogP contribution is -2.45. The van der Waals surface area contributed by atoms with E-state index in [1.165, 1.54) is 13.5 Å². The zero-order valence-corrected chi connectivity index (χ0v) is 14.4. The number of fused-ring (bicyclic) bond motifs is 2. The van der Waals surface area contributed by atoms with Gasteiger partial charge < -0.3 is 20.5 Å². The number of hydrogen-bond acceptors (Lipinski definition) is 4. The molecule has 0 aromatic heterocycles. The molecule has 3 N–H and O–H groups in total. The van der Waals surface area contributed by atoms with Crippen LogP contribution in [0.4, 0.5) is 0 Å². The lowest BCUT2D eigenvalue weighted by Gasteiger charge is -2.31. The first-order chi connectivity index (χ1) is 10.5. The van der Waals surface area contributed by atoms with Gasteiger partial charge >= 0.3 is 0 Å². The number of rotatable bonds is 4. The van der Waals surface area contributed by atoms with Crippen LogP contribution < -0.4 is 10.5 Å². The summed E-state index contributed by atoms with van der Waals surface area (Å²) in [5.41, 5.74) is 7.13. The number of carbonyl (C=O) groups is 1. The summed E-state index contributed by atoms with van der Waals surface area (Å²) < 4.78 is 5.03. The summed E-state index contributed by atoms with van der Waals surface area (Å²) in [6.45, 7) is 0.469. The first-order valence-electron chi connectivity index (χ1n) is 7.87. The topological polar surface area (TPSA) is 75.8 Å². The molecule has 0 aliphatic heterocycles. The predicted molar refractivity (Wildman–Crippen MR) is 90.7 cm³/mol. The van der Waals surface area contributed by atoms with Gasteiger partial charge in [0.15, 0.2) is 11.5 Å². The fourth-order valence-corrected chi connectivity index (χ4v) is 4.14. The highest BCUT2D eigenvalue weighted by Crippen LogP contribution is 2.48. The number of amides is 1. The Morgan fingerprint density at radius 1 is 1.39 bits per heavy atom. The van der Waals surface area contributed by atoms with Crippen molar-refractivity contribution in [2.24, 2.45) is 23.5 Å². The Morgan fingerprint density at radius 3 is 2.65 bits per heavy atom. The number of methoxy groups -OCH3 is 1. The predicted octanol–water partition coefficient (Wildman–Crippen LogP) is 2.15. The molecule has 2 aliphatic rings. The van der Waals surface area contributed by atoms with Crippen molar-refractivity contribution in [2.45, 2.75) is 31.8 Å². The zero-order chi connectivity index (χ0) is 15.9. The second-order valence-electron chi connectivity index (χ2n) is 6.64. The molecule has 0 spiro atoms. The molecule has 2 aliphatic carbocycles. The van der Waals surface area contributed by atoms with E-state index in [1.807, 2.05) is 13.1 Å². The van der Waals surface area contributed by atoms with Crippen molar-refractivity contribution >= 4 is 18.3 Å². The monoisotopic (exact) mass is 340 g/mol. The first kappa shape index (κ1) is 17.9. The molecule has 6 heteroatoms. The van der Waals surface area contributed by atoms with Crippen molar-refractivity contribution < 1.29 is 14.6 Å². The SMILES string of the molecule is COc1ccc(CN(C)C(=O)C2C3CCC(C3)C2N)cc1O.Cl. The minimum Gasteiger partial charge on any atom is -0.504 e. The normalized spacial score (nSPS) is 28.3. The summed E-state index contributed by atoms with van der Waals surface area (Å²) in [7, 11) is 3.32. The second kappa shape index (κ2) is 6.97. The van der Waals surface area contributed by atoms with E-state index in [2.05, 4.69) is 0 Å². The van der Waals surface area contributed by atoms with Crippen LogP contribution >= 0.6 is 12.4 Å². The van der Waals surface area contributed by atoms with Gasteiger partial charge in [0.1, 0.15) is 0 Å². The molecule has 4 atom stereocenters. The molecule has 23 heavy (non-hydrogen) atoms. The highest BCUT2D eigenvalue weighted by atomic mass is 35.5. The fraction of sp³-hybridized carbons (Fsp3) is 0.588. The number of benzene rings is 1. The molecule has 0 heterocycles. The lowest BCUT2D eigenvalue weighted by atomic mass is 9.84. The molecule has 1 aromatic rings. The van der Waals surface area contributed by atoms with Gasteiger partial charge in [-0.1, -0.05) is 6.07 Å². The van der Waals surface area contributed by atoms with E-state index < -0.39 is 0 Å². The number of nitrogens with zero attached hydrogens (tertiary/aromatic N) is 1. The van der Waals surface area contributed by atoms with Gasteiger partial charge in [0.2, 0.25) is 5.91 Å². The molecule has 2 bridgehead atoms. The van der Waals surface area contributed by atoms with E-state index in [1.54, 1.807) is 17.0 Å². The minimum absolute atomic E-state index is 0. The van der Waals surface area contributed by atoms with E-state index in [4.69, 9.17) is 10.5 Å². The Hall–Kier alpha value is -1.46. The van der Waals surface area contributed by atoms with Crippen LogP contribution in [0, 0.1) is 17.8 Å². The Balaban J connectivity index is 0.00000192. The summed E-state index contributed by atoms with van der Waals surface area (Å²) in [6, 6.07) is 5.23. The maximum absolute atomic E-state index is 12.7. The molecule has 3 rings (SSSR count). The van der Waals surface area contributed by atoms with E-state index in [9.17, 15) is 9.90 Å². The Morgan fingerprint density at radius 2 is 2.09 bits per heavy atom. The van der Waals surface area contributed by atoms with Gasteiger partial charge in [-0.2, -0.15) is 0 Å². The minimum atomic E-state index is -0.0319. The van der Waals surface area contributed by atoms with Gasteiger partial charge in [-0.25, -0.2) is 0 Å². The molecule has 2 saturated carbocycles. The van der Waals surface area contributed by atoms with Crippen LogP contribution in [0.3, 0.4) is 0 Å². The van der Waals surface area contributed by atoms with Crippen molar-refractivity contribution in [3.63, 3.8) is 0 Å². The van der Waals surface area contributed by atoms with Crippen molar-refractivity contribution in [3.8, 4) is 11.5 Å². The van der Waals surface area contributed by atoms with Crippen molar-refractivity contribution in [2.75, 3.05) is 14.2 Å². The third-order valence-corrected chi connectivity index (χ3v) is 5.31. The van der Waals surface area contributed by atoms with Gasteiger partial charge in [0.05, 0.1) is 13.0 Å². The molecule has 2 fully saturated rings. The van der Waals surface area contributed by atoms with Crippen LogP contribution in [0.15, 0.2) is 18.2 Å². The standard InChI is InChI=1S/C17H24N2O3.ClH/c1-19(9-10-3-6-14(22-2)13(20)7-10)17(21)15-11-4-5-12(8-11)16(15)18;/h3,6-7,11-12,15-16,20H,4-5,8-9,18H2,1-2H3;1H. The van der Waals surface area contributed by atoms with Crippen LogP contribution in [0.25, 0.3) is 0 Å². The first-order valence-corrected chi connectivity index (χ1v) is 7.87. The van der Waals surface area contributed by atoms with E-state index in [-0.39, 0.29) is 36.0 Å². The van der Waals surface area contributed by atoms with Crippen molar-refractivity contribution in [3.05, 3.63) is 23.8 Å². The van der Waals surface area contributed by atoms with E-state index in [0.717, 1.165) is 18.4 Å². The maximum atomic E-state index is 12.7. The zero-order valence-electron chi connectivity index (χ0n) is 13.6. The number of carbonyl (C=O) groups excluding carboxylic acids is 1. The van der Waals surface area contributed by atoms with Crippen molar-refractivity contribution in [1.29, 1.82) is 0 Å². The molecular weight excluding hydrogens is 316 g/mol. The van der Waals surface area contributed by atoms with Gasteiger partial charge in [-0.15, -0.1) is 12.4 Å². The molecule has 0 radical (unpaired) electrons. The maximum Gasteiger partial charge on any atom is 0.227 e. The van der Waals surface area contributed by atoms with Crippen LogP contribution in [-0.4, -0.2) is 36.1 Å². The van der Waals surface area contributed by atoms with Crippen LogP contribution in [0.1, 0.15) is 24.8 Å². The molecule has 1 aromatic carbocycles. The van der Waals surface area contributed by atoms with Crippen LogP contribution in [0.2, 0.25) is 0 Å². The lowest BCUT2D eigenvalue weighted by molar-refractivity contribution is -0.137. The average molecular weight is 341 g/mol. The molecule has 1 amide bonds. The molecule has 5 nitrogen and oxygen atoms in total. The second-order valence-corrected chi connectivity index (χ2v) is 6.64. The van der Waals surface area contributed by atoms with Gasteiger partial charge in [-0.3, -0.25) is 4.79 Å². The molecule has 128 valence electrons. The number of ether oxygens (including phenoxy) is 1. The number of halogens is 1. The summed E-state index contributed by atoms with van der Waals surface area (Å²) in [5.74, 6) is 1.62. The van der Waals surface area contributed by atoms with Gasteiger partial charge in [0, 0.05) is 19.6 Å². The van der Waals surface area contributed by atoms with E-state index in [0.29, 0.717) is 24.1 Å². The van der Waals surface area contributed by atoms with Crippen LogP contribution in [-0.2, 0) is 11.3 Å². The van der Waals surface area contributed by atoms with Gasteiger partial charge in [-0.05, 0) is 48.8 Å². The number of phenols is 1. The Labute approximate surface area is 143 Å². The highest BCUT2D eigenvalue weighted by molar-refractivity contribution is 5.85. The fourth-order valence-electron chi connectivity index (χ4n) is 4.14. The average Bonchev–Trinajstić information content (AvgIpc) is 3.07. The molecule has 4 unspecified atom stereocenters. The largest absolute Gasteiger partial charge is 0.504 e. The number of nitrogens with two attached hydrogens (primary N) is 1. The third-order valence-electron chi connectivity index (χ3n) is 5.31. The summed E-state index contributed by atoms with van der Waals surface area (Å²) in [4.78, 5) is 14.4. The quantitative estimate of drug-likeness (QED) is 0.880. The number of hydrogen-bond donors (Lipinski definition) is 2. The molecular formula is C17H25ClN2O3. The smallest absolute Gasteiger partial charge is 0.227 e. The van der Waals surface area contributed by atoms with Crippen molar-refractivity contribution in [1.82, 2.24) is 4.90 Å². The van der Waals surface area contributed by atoms with E-state index >= 15 is 0 Å². The number of phenolic OH excluding ortho intramolecular Hbond substituents is 1. The van der Waals surface area contributed by atoms with Crippen LogP contribution in [0.5, 0.6) is 11.5 Å². The highest BCUT2D eigenvalue weighted by Gasteiger charge is 2.49. The third kappa shape index (κ3) is 3.26. The summed E-state index contributed by atoms with van der Waals surface area (Å²) >= 11 is 0. The molecule has 0 saturated heterocycles. The Bertz CT molecular complexity index is 579. The Kier molecular flexibility index (Phi) is 5.42. The summed E-state index contributed by atoms with van der Waals surface area (Å²) in [6.07, 6.45) is 3.41.